The molecule has 1 heterocycles. The van der Waals surface area contributed by atoms with E-state index in [0.717, 1.165) is 16.9 Å². The number of nitrogens with one attached hydrogen (secondary N) is 1. The van der Waals surface area contributed by atoms with Gasteiger partial charge in [0.1, 0.15) is 18.2 Å². The summed E-state index contributed by atoms with van der Waals surface area (Å²) in [5.74, 6) is 0.217. The van der Waals surface area contributed by atoms with Gasteiger partial charge in [-0.2, -0.15) is 5.10 Å². The summed E-state index contributed by atoms with van der Waals surface area (Å²) < 4.78 is 20.7. The lowest BCUT2D eigenvalue weighted by atomic mass is 10.1. The van der Waals surface area contributed by atoms with E-state index < -0.39 is 0 Å². The monoisotopic (exact) mass is 415 g/mol. The van der Waals surface area contributed by atoms with Crippen LogP contribution < -0.4 is 10.1 Å². The van der Waals surface area contributed by atoms with Crippen molar-refractivity contribution in [3.63, 3.8) is 0 Å². The predicted octanol–water partition coefficient (Wildman–Crippen LogP) is 4.80. The minimum Gasteiger partial charge on any atom is -0.491 e. The molecule has 0 saturated carbocycles. The summed E-state index contributed by atoms with van der Waals surface area (Å²) in [6, 6.07) is 23.8. The molecule has 1 N–H and O–H groups in total. The molecule has 0 unspecified atom stereocenters. The summed E-state index contributed by atoms with van der Waals surface area (Å²) in [6.45, 7) is 2.49. The summed E-state index contributed by atoms with van der Waals surface area (Å²) in [5.41, 5.74) is 3.92. The summed E-state index contributed by atoms with van der Waals surface area (Å²) in [4.78, 5) is 12.6. The lowest BCUT2D eigenvalue weighted by Gasteiger charge is -2.12. The number of rotatable bonds is 7. The summed E-state index contributed by atoms with van der Waals surface area (Å²) in [6.07, 6.45) is 1.51. The number of benzene rings is 3. The molecule has 156 valence electrons. The highest BCUT2D eigenvalue weighted by Gasteiger charge is 2.15. The molecule has 0 radical (unpaired) electrons. The molecule has 0 spiro atoms. The molecule has 1 amide bonds. The number of hydrogen-bond acceptors (Lipinski definition) is 3. The van der Waals surface area contributed by atoms with Crippen LogP contribution in [0.4, 0.5) is 4.39 Å². The van der Waals surface area contributed by atoms with Crippen molar-refractivity contribution in [3.8, 4) is 22.6 Å². The molecule has 0 fully saturated rings. The van der Waals surface area contributed by atoms with E-state index in [1.807, 2.05) is 54.6 Å². The number of amides is 1. The Balaban J connectivity index is 1.36. The second-order valence-corrected chi connectivity index (χ2v) is 7.00. The normalized spacial score (nSPS) is 10.6. The highest BCUT2D eigenvalue weighted by atomic mass is 19.1. The van der Waals surface area contributed by atoms with Gasteiger partial charge in [0.2, 0.25) is 0 Å². The van der Waals surface area contributed by atoms with Gasteiger partial charge in [0.05, 0.1) is 29.7 Å². The maximum Gasteiger partial charge on any atom is 0.254 e. The van der Waals surface area contributed by atoms with Crippen molar-refractivity contribution >= 4 is 5.91 Å². The Morgan fingerprint density at radius 2 is 1.71 bits per heavy atom. The Bertz CT molecular complexity index is 1170. The molecule has 4 aromatic rings. The van der Waals surface area contributed by atoms with Gasteiger partial charge in [-0.3, -0.25) is 4.79 Å². The Hall–Kier alpha value is -3.93. The molecular weight excluding hydrogens is 393 g/mol. The lowest BCUT2D eigenvalue weighted by Crippen LogP contribution is -2.28. The van der Waals surface area contributed by atoms with Crippen molar-refractivity contribution < 1.29 is 13.9 Å². The van der Waals surface area contributed by atoms with Gasteiger partial charge in [0, 0.05) is 5.56 Å². The number of para-hydroxylation sites is 1. The van der Waals surface area contributed by atoms with Crippen molar-refractivity contribution in [2.24, 2.45) is 0 Å². The number of carbonyl (C=O) groups is 1. The van der Waals surface area contributed by atoms with Crippen LogP contribution in [0.3, 0.4) is 0 Å². The average molecular weight is 415 g/mol. The Labute approximate surface area is 180 Å². The third kappa shape index (κ3) is 4.64. The van der Waals surface area contributed by atoms with E-state index in [1.165, 1.54) is 18.3 Å². The first-order chi connectivity index (χ1) is 15.1. The number of carbonyl (C=O) groups excluding carboxylic acids is 1. The van der Waals surface area contributed by atoms with E-state index >= 15 is 0 Å². The third-order valence-electron chi connectivity index (χ3n) is 4.94. The zero-order valence-electron chi connectivity index (χ0n) is 17.1. The highest BCUT2D eigenvalue weighted by Crippen LogP contribution is 2.29. The van der Waals surface area contributed by atoms with Gasteiger partial charge >= 0.3 is 0 Å². The van der Waals surface area contributed by atoms with Crippen LogP contribution in [0.5, 0.6) is 5.75 Å². The minimum atomic E-state index is -0.319. The molecule has 3 aromatic carbocycles. The topological polar surface area (TPSA) is 56.1 Å². The summed E-state index contributed by atoms with van der Waals surface area (Å²) in [7, 11) is 0. The van der Waals surface area contributed by atoms with Crippen LogP contribution in [0.25, 0.3) is 16.8 Å². The van der Waals surface area contributed by atoms with Crippen LogP contribution in [0.2, 0.25) is 0 Å². The molecule has 0 aliphatic heterocycles. The van der Waals surface area contributed by atoms with Crippen molar-refractivity contribution in [3.05, 3.63) is 102 Å². The Morgan fingerprint density at radius 3 is 2.48 bits per heavy atom. The maximum absolute atomic E-state index is 13.1. The van der Waals surface area contributed by atoms with Crippen molar-refractivity contribution in [2.75, 3.05) is 13.2 Å². The zero-order chi connectivity index (χ0) is 21.6. The van der Waals surface area contributed by atoms with Crippen LogP contribution in [0.15, 0.2) is 85.1 Å². The molecule has 0 aliphatic rings. The van der Waals surface area contributed by atoms with Crippen LogP contribution in [-0.4, -0.2) is 28.8 Å². The fraction of sp³-hybridized carbons (Fsp3) is 0.120. The Morgan fingerprint density at radius 1 is 1.00 bits per heavy atom. The molecule has 31 heavy (non-hydrogen) atoms. The lowest BCUT2D eigenvalue weighted by molar-refractivity contribution is 0.0946. The number of halogens is 1. The minimum absolute atomic E-state index is 0.231. The zero-order valence-corrected chi connectivity index (χ0v) is 17.1. The first-order valence-corrected chi connectivity index (χ1v) is 9.99. The van der Waals surface area contributed by atoms with Gasteiger partial charge in [-0.15, -0.1) is 0 Å². The molecule has 1 aromatic heterocycles. The van der Waals surface area contributed by atoms with Gasteiger partial charge in [0.15, 0.2) is 0 Å². The molecule has 0 saturated heterocycles. The molecule has 6 heteroatoms. The van der Waals surface area contributed by atoms with Crippen LogP contribution in [0.1, 0.15) is 16.1 Å². The van der Waals surface area contributed by atoms with Gasteiger partial charge in [0.25, 0.3) is 5.91 Å². The van der Waals surface area contributed by atoms with E-state index in [-0.39, 0.29) is 11.7 Å². The van der Waals surface area contributed by atoms with E-state index in [9.17, 15) is 9.18 Å². The van der Waals surface area contributed by atoms with Crippen LogP contribution >= 0.6 is 0 Å². The van der Waals surface area contributed by atoms with Crippen molar-refractivity contribution in [1.29, 1.82) is 0 Å². The second-order valence-electron chi connectivity index (χ2n) is 7.00. The van der Waals surface area contributed by atoms with Crippen molar-refractivity contribution in [2.45, 2.75) is 6.92 Å². The van der Waals surface area contributed by atoms with Crippen molar-refractivity contribution in [1.82, 2.24) is 15.1 Å². The number of hydrogen-bond donors (Lipinski definition) is 1. The van der Waals surface area contributed by atoms with E-state index in [1.54, 1.807) is 23.7 Å². The summed E-state index contributed by atoms with van der Waals surface area (Å²) in [5, 5.41) is 7.13. The largest absolute Gasteiger partial charge is 0.491 e. The SMILES string of the molecule is Cc1c(C(=O)NCCOc2ccccc2-c2ccccc2)cnn1-c1ccc(F)cc1. The number of aromatic nitrogens is 2. The molecule has 5 nitrogen and oxygen atoms in total. The van der Waals surface area contributed by atoms with Gasteiger partial charge in [-0.25, -0.2) is 9.07 Å². The van der Waals surface area contributed by atoms with E-state index in [2.05, 4.69) is 10.4 Å². The fourth-order valence-corrected chi connectivity index (χ4v) is 3.34. The Kier molecular flexibility index (Phi) is 6.08. The van der Waals surface area contributed by atoms with E-state index in [4.69, 9.17) is 4.74 Å². The molecular formula is C25H22FN3O2. The quantitative estimate of drug-likeness (QED) is 0.441. The van der Waals surface area contributed by atoms with Gasteiger partial charge in [-0.1, -0.05) is 48.5 Å². The predicted molar refractivity (Wildman–Crippen MR) is 118 cm³/mol. The van der Waals surface area contributed by atoms with Gasteiger partial charge < -0.3 is 10.1 Å². The summed E-state index contributed by atoms with van der Waals surface area (Å²) >= 11 is 0. The van der Waals surface area contributed by atoms with Gasteiger partial charge in [-0.05, 0) is 42.8 Å². The molecule has 0 atom stereocenters. The maximum atomic E-state index is 13.1. The molecule has 4 rings (SSSR count). The second kappa shape index (κ2) is 9.26. The van der Waals surface area contributed by atoms with Crippen LogP contribution in [-0.2, 0) is 0 Å². The smallest absolute Gasteiger partial charge is 0.254 e. The first-order valence-electron chi connectivity index (χ1n) is 9.99. The third-order valence-corrected chi connectivity index (χ3v) is 4.94. The average Bonchev–Trinajstić information content (AvgIpc) is 3.19. The number of ether oxygens (including phenoxy) is 1. The molecule has 0 bridgehead atoms. The number of nitrogens with zero attached hydrogens (tertiary/aromatic N) is 2. The standard InChI is InChI=1S/C25H22FN3O2/c1-18-23(17-28-29(18)21-13-11-20(26)12-14-21)25(30)27-15-16-31-24-10-6-5-9-22(24)19-7-3-2-4-8-19/h2-14,17H,15-16H2,1H3,(H,27,30). The fourth-order valence-electron chi connectivity index (χ4n) is 3.34. The molecule has 0 aliphatic carbocycles. The first kappa shape index (κ1) is 20.3. The highest BCUT2D eigenvalue weighted by molar-refractivity contribution is 5.95. The van der Waals surface area contributed by atoms with E-state index in [0.29, 0.717) is 30.1 Å². The van der Waals surface area contributed by atoms with Crippen LogP contribution in [0, 0.1) is 12.7 Å².